The van der Waals surface area contributed by atoms with E-state index in [-0.39, 0.29) is 0 Å². The molecule has 24 heavy (non-hydrogen) atoms. The number of nitrogens with zero attached hydrogens (tertiary/aromatic N) is 3. The summed E-state index contributed by atoms with van der Waals surface area (Å²) in [6.07, 6.45) is 0. The molecule has 0 amide bonds. The van der Waals surface area contributed by atoms with E-state index in [2.05, 4.69) is 10.9 Å². The largest absolute Gasteiger partial charge is 0.249 e. The highest BCUT2D eigenvalue weighted by Gasteiger charge is 2.08. The van der Waals surface area contributed by atoms with Crippen molar-refractivity contribution in [1.29, 1.82) is 5.26 Å². The molecule has 0 N–H and O–H groups in total. The van der Waals surface area contributed by atoms with Crippen LogP contribution >= 0.6 is 0 Å². The minimum Gasteiger partial charge on any atom is -0.249 e. The van der Waals surface area contributed by atoms with Crippen LogP contribution in [0, 0.1) is 17.9 Å². The first-order valence-corrected chi connectivity index (χ1v) is 7.42. The maximum Gasteiger partial charge on any atom is 0.190 e. The first-order valence-electron chi connectivity index (χ1n) is 7.42. The first kappa shape index (κ1) is 15.2. The minimum atomic E-state index is 0.410. The molecule has 0 saturated heterocycles. The van der Waals surface area contributed by atoms with E-state index in [1.54, 1.807) is 18.2 Å². The van der Waals surface area contributed by atoms with Gasteiger partial charge >= 0.3 is 0 Å². The predicted molar refractivity (Wildman–Crippen MR) is 95.6 cm³/mol. The van der Waals surface area contributed by atoms with Crippen LogP contribution in [-0.2, 0) is 0 Å². The Hall–Kier alpha value is -3.69. The van der Waals surface area contributed by atoms with Gasteiger partial charge in [0.2, 0.25) is 0 Å². The van der Waals surface area contributed by atoms with E-state index in [1.165, 1.54) is 0 Å². The summed E-state index contributed by atoms with van der Waals surface area (Å²) in [4.78, 5) is 8.16. The molecule has 0 spiro atoms. The molecule has 3 nitrogen and oxygen atoms in total. The Morgan fingerprint density at radius 2 is 1.46 bits per heavy atom. The number of aliphatic imine (C=N–C) groups is 1. The van der Waals surface area contributed by atoms with Crippen molar-refractivity contribution in [3.05, 3.63) is 107 Å². The van der Waals surface area contributed by atoms with Crippen LogP contribution in [0.25, 0.3) is 4.85 Å². The van der Waals surface area contributed by atoms with E-state index in [0.29, 0.717) is 16.9 Å². The molecule has 0 aliphatic carbocycles. The third-order valence-electron chi connectivity index (χ3n) is 3.50. The van der Waals surface area contributed by atoms with Crippen LogP contribution < -0.4 is 0 Å². The summed E-state index contributed by atoms with van der Waals surface area (Å²) in [6, 6.07) is 26.8. The molecule has 0 unspecified atom stereocenters. The van der Waals surface area contributed by atoms with Gasteiger partial charge in [-0.2, -0.15) is 5.26 Å². The number of rotatable bonds is 3. The van der Waals surface area contributed by atoms with E-state index in [4.69, 9.17) is 16.8 Å². The van der Waals surface area contributed by atoms with Crippen molar-refractivity contribution < 1.29 is 0 Å². The quantitative estimate of drug-likeness (QED) is 0.479. The summed E-state index contributed by atoms with van der Waals surface area (Å²) in [6.45, 7) is 7.19. The summed E-state index contributed by atoms with van der Waals surface area (Å²) < 4.78 is 0. The Morgan fingerprint density at radius 1 is 0.875 bits per heavy atom. The molecule has 0 heterocycles. The lowest BCUT2D eigenvalue weighted by Crippen LogP contribution is -2.02. The maximum absolute atomic E-state index is 9.15. The molecule has 0 aromatic heterocycles. The van der Waals surface area contributed by atoms with Gasteiger partial charge in [0.25, 0.3) is 0 Å². The van der Waals surface area contributed by atoms with E-state index in [9.17, 15) is 0 Å². The van der Waals surface area contributed by atoms with Crippen LogP contribution in [-0.4, -0.2) is 5.71 Å². The highest BCUT2D eigenvalue weighted by Crippen LogP contribution is 2.25. The second kappa shape index (κ2) is 7.05. The van der Waals surface area contributed by atoms with Crippen molar-refractivity contribution in [2.75, 3.05) is 0 Å². The molecule has 0 bridgehead atoms. The van der Waals surface area contributed by atoms with Crippen molar-refractivity contribution >= 4 is 17.1 Å². The highest BCUT2D eigenvalue weighted by atomic mass is 14.8. The highest BCUT2D eigenvalue weighted by molar-refractivity contribution is 6.14. The van der Waals surface area contributed by atoms with Crippen LogP contribution in [0.1, 0.15) is 16.7 Å². The SMILES string of the molecule is [C-]#[N+]c1cc(C#N)cc(N=C(c2ccccc2)c2ccccc2)c1. The van der Waals surface area contributed by atoms with Gasteiger partial charge in [0.05, 0.1) is 24.0 Å². The summed E-state index contributed by atoms with van der Waals surface area (Å²) in [5, 5.41) is 9.15. The van der Waals surface area contributed by atoms with Crippen LogP contribution in [0.15, 0.2) is 83.9 Å². The van der Waals surface area contributed by atoms with Gasteiger partial charge in [-0.15, -0.1) is 0 Å². The molecule has 3 aromatic carbocycles. The summed E-state index contributed by atoms with van der Waals surface area (Å²) in [7, 11) is 0. The van der Waals surface area contributed by atoms with Gasteiger partial charge in [-0.05, 0) is 18.2 Å². The molecule has 0 fully saturated rings. The number of nitriles is 1. The third kappa shape index (κ3) is 3.38. The third-order valence-corrected chi connectivity index (χ3v) is 3.50. The standard InChI is InChI=1S/C21H13N3/c1-23-19-12-16(15-22)13-20(14-19)24-21(17-8-4-2-5-9-17)18-10-6-3-7-11-18/h2-14H. The van der Waals surface area contributed by atoms with Crippen LogP contribution in [0.3, 0.4) is 0 Å². The van der Waals surface area contributed by atoms with Gasteiger partial charge in [0.15, 0.2) is 5.69 Å². The van der Waals surface area contributed by atoms with Gasteiger partial charge in [-0.1, -0.05) is 60.7 Å². The van der Waals surface area contributed by atoms with E-state index < -0.39 is 0 Å². The second-order valence-electron chi connectivity index (χ2n) is 5.15. The van der Waals surface area contributed by atoms with Gasteiger partial charge in [-0.25, -0.2) is 9.84 Å². The van der Waals surface area contributed by atoms with Crippen molar-refractivity contribution in [3.8, 4) is 6.07 Å². The Bertz CT molecular complexity index is 886. The molecule has 0 radical (unpaired) electrons. The summed E-state index contributed by atoms with van der Waals surface area (Å²) in [5.41, 5.74) is 4.21. The van der Waals surface area contributed by atoms with Crippen LogP contribution in [0.2, 0.25) is 0 Å². The van der Waals surface area contributed by atoms with Crippen LogP contribution in [0.5, 0.6) is 0 Å². The number of hydrogen-bond donors (Lipinski definition) is 0. The van der Waals surface area contributed by atoms with Crippen molar-refractivity contribution in [1.82, 2.24) is 0 Å². The van der Waals surface area contributed by atoms with Crippen LogP contribution in [0.4, 0.5) is 11.4 Å². The number of benzene rings is 3. The summed E-state index contributed by atoms with van der Waals surface area (Å²) >= 11 is 0. The van der Waals surface area contributed by atoms with Gasteiger partial charge in [0, 0.05) is 16.7 Å². The van der Waals surface area contributed by atoms with Crippen molar-refractivity contribution in [2.24, 2.45) is 4.99 Å². The fourth-order valence-electron chi connectivity index (χ4n) is 2.41. The molecule has 3 rings (SSSR count). The zero-order valence-corrected chi connectivity index (χ0v) is 12.8. The summed E-state index contributed by atoms with van der Waals surface area (Å²) in [5.74, 6) is 0. The van der Waals surface area contributed by atoms with Gasteiger partial charge in [0.1, 0.15) is 0 Å². The number of hydrogen-bond acceptors (Lipinski definition) is 2. The van der Waals surface area contributed by atoms with Gasteiger partial charge < -0.3 is 0 Å². The molecule has 112 valence electrons. The lowest BCUT2D eigenvalue weighted by Gasteiger charge is -2.08. The van der Waals surface area contributed by atoms with E-state index in [1.807, 2.05) is 60.7 Å². The van der Waals surface area contributed by atoms with E-state index >= 15 is 0 Å². The predicted octanol–water partition coefficient (Wildman–Crippen LogP) is 5.28. The topological polar surface area (TPSA) is 40.5 Å². The van der Waals surface area contributed by atoms with Gasteiger partial charge in [-0.3, -0.25) is 0 Å². The molecule has 0 saturated carbocycles. The Kier molecular flexibility index (Phi) is 4.47. The lowest BCUT2D eigenvalue weighted by atomic mass is 10.0. The fourth-order valence-corrected chi connectivity index (χ4v) is 2.41. The molecule has 0 aliphatic heterocycles. The maximum atomic E-state index is 9.15. The first-order chi connectivity index (χ1) is 11.8. The zero-order chi connectivity index (χ0) is 16.8. The molecule has 0 aliphatic rings. The van der Waals surface area contributed by atoms with E-state index in [0.717, 1.165) is 16.8 Å². The lowest BCUT2D eigenvalue weighted by molar-refractivity contribution is 1.44. The Balaban J connectivity index is 2.19. The molecule has 0 atom stereocenters. The normalized spacial score (nSPS) is 9.58. The average molecular weight is 307 g/mol. The molecular formula is C21H13N3. The minimum absolute atomic E-state index is 0.410. The Morgan fingerprint density at radius 3 is 1.96 bits per heavy atom. The van der Waals surface area contributed by atoms with Crippen molar-refractivity contribution in [2.45, 2.75) is 0 Å². The Labute approximate surface area is 141 Å². The monoisotopic (exact) mass is 307 g/mol. The molecule has 3 heteroatoms. The smallest absolute Gasteiger partial charge is 0.190 e. The van der Waals surface area contributed by atoms with Crippen molar-refractivity contribution in [3.63, 3.8) is 0 Å². The molecule has 3 aromatic rings. The fraction of sp³-hybridized carbons (Fsp3) is 0. The second-order valence-corrected chi connectivity index (χ2v) is 5.15. The average Bonchev–Trinajstić information content (AvgIpc) is 2.67. The molecular weight excluding hydrogens is 294 g/mol. The zero-order valence-electron chi connectivity index (χ0n) is 12.8.